The molecule has 0 aliphatic carbocycles. The van der Waals surface area contributed by atoms with Gasteiger partial charge in [0.25, 0.3) is 0 Å². The molecule has 0 radical (unpaired) electrons. The largest absolute Gasteiger partial charge is 0.355 e. The topological polar surface area (TPSA) is 52.6 Å². The van der Waals surface area contributed by atoms with Crippen molar-refractivity contribution < 1.29 is 4.79 Å². The molecule has 0 bridgehead atoms. The Morgan fingerprint density at radius 3 is 2.14 bits per heavy atom. The predicted molar refractivity (Wildman–Crippen MR) is 116 cm³/mol. The Bertz CT molecular complexity index is 821. The Kier molecular flexibility index (Phi) is 5.97. The van der Waals surface area contributed by atoms with E-state index in [1.807, 2.05) is 17.0 Å². The zero-order valence-electron chi connectivity index (χ0n) is 17.5. The lowest BCUT2D eigenvalue weighted by molar-refractivity contribution is -0.130. The highest BCUT2D eigenvalue weighted by molar-refractivity contribution is 5.79. The molecule has 1 aromatic heterocycles. The normalized spacial score (nSPS) is 18.2. The first-order valence-corrected chi connectivity index (χ1v) is 10.8. The number of piperazine rings is 1. The smallest absolute Gasteiger partial charge is 0.227 e. The third-order valence-corrected chi connectivity index (χ3v) is 6.14. The van der Waals surface area contributed by atoms with Crippen LogP contribution in [0.2, 0.25) is 0 Å². The van der Waals surface area contributed by atoms with Crippen LogP contribution in [0, 0.1) is 12.8 Å². The lowest BCUT2D eigenvalue weighted by Crippen LogP contribution is -2.49. The van der Waals surface area contributed by atoms with Crippen molar-refractivity contribution in [3.05, 3.63) is 47.5 Å². The standard InChI is InChI=1S/C23H31N5O/c1-18-8-10-26(11-9-18)21-6-7-22(25-24-21)27-12-14-28(15-13-27)23(29)17-20-5-3-4-19(2)16-20/h3-7,16,18H,8-15,17H2,1-2H3. The van der Waals surface area contributed by atoms with Crippen LogP contribution in [0.4, 0.5) is 11.6 Å². The number of carbonyl (C=O) groups is 1. The first-order chi connectivity index (χ1) is 14.1. The lowest BCUT2D eigenvalue weighted by atomic mass is 9.99. The molecule has 1 amide bonds. The number of hydrogen-bond acceptors (Lipinski definition) is 5. The van der Waals surface area contributed by atoms with Crippen LogP contribution in [0.25, 0.3) is 0 Å². The molecule has 6 heteroatoms. The number of aryl methyl sites for hydroxylation is 1. The van der Waals surface area contributed by atoms with Gasteiger partial charge in [0, 0.05) is 39.3 Å². The molecule has 29 heavy (non-hydrogen) atoms. The van der Waals surface area contributed by atoms with E-state index in [1.165, 1.54) is 18.4 Å². The number of benzene rings is 1. The van der Waals surface area contributed by atoms with Crippen molar-refractivity contribution in [1.29, 1.82) is 0 Å². The SMILES string of the molecule is Cc1cccc(CC(=O)N2CCN(c3ccc(N4CCC(C)CC4)nn3)CC2)c1. The Morgan fingerprint density at radius 2 is 1.55 bits per heavy atom. The number of anilines is 2. The number of amides is 1. The average molecular weight is 394 g/mol. The average Bonchev–Trinajstić information content (AvgIpc) is 2.75. The van der Waals surface area contributed by atoms with Crippen LogP contribution in [-0.4, -0.2) is 60.3 Å². The summed E-state index contributed by atoms with van der Waals surface area (Å²) in [5.74, 6) is 2.90. The second kappa shape index (κ2) is 8.80. The summed E-state index contributed by atoms with van der Waals surface area (Å²) in [5.41, 5.74) is 2.28. The van der Waals surface area contributed by atoms with Crippen LogP contribution < -0.4 is 9.80 Å². The molecular formula is C23H31N5O. The van der Waals surface area contributed by atoms with Gasteiger partial charge in [-0.25, -0.2) is 0 Å². The molecule has 0 spiro atoms. The molecule has 3 heterocycles. The van der Waals surface area contributed by atoms with Crippen LogP contribution >= 0.6 is 0 Å². The van der Waals surface area contributed by atoms with E-state index in [0.29, 0.717) is 6.42 Å². The fourth-order valence-corrected chi connectivity index (χ4v) is 4.19. The Morgan fingerprint density at radius 1 is 0.931 bits per heavy atom. The highest BCUT2D eigenvalue weighted by Gasteiger charge is 2.23. The molecule has 0 atom stereocenters. The van der Waals surface area contributed by atoms with Gasteiger partial charge in [-0.1, -0.05) is 36.8 Å². The minimum atomic E-state index is 0.205. The Labute approximate surface area is 173 Å². The Hall–Kier alpha value is -2.63. The van der Waals surface area contributed by atoms with Crippen molar-refractivity contribution >= 4 is 17.5 Å². The molecule has 4 rings (SSSR count). The van der Waals surface area contributed by atoms with Gasteiger partial charge in [-0.05, 0) is 43.4 Å². The monoisotopic (exact) mass is 393 g/mol. The number of hydrogen-bond donors (Lipinski definition) is 0. The minimum absolute atomic E-state index is 0.205. The van der Waals surface area contributed by atoms with Crippen LogP contribution in [0.3, 0.4) is 0 Å². The quantitative estimate of drug-likeness (QED) is 0.799. The van der Waals surface area contributed by atoms with Gasteiger partial charge >= 0.3 is 0 Å². The molecule has 2 aliphatic rings. The van der Waals surface area contributed by atoms with E-state index in [4.69, 9.17) is 0 Å². The zero-order valence-corrected chi connectivity index (χ0v) is 17.5. The van der Waals surface area contributed by atoms with Crippen molar-refractivity contribution in [3.8, 4) is 0 Å². The van der Waals surface area contributed by atoms with E-state index in [2.05, 4.69) is 58.1 Å². The maximum absolute atomic E-state index is 12.6. The summed E-state index contributed by atoms with van der Waals surface area (Å²) < 4.78 is 0. The van der Waals surface area contributed by atoms with Gasteiger partial charge in [-0.15, -0.1) is 10.2 Å². The van der Waals surface area contributed by atoms with Gasteiger partial charge in [0.2, 0.25) is 5.91 Å². The van der Waals surface area contributed by atoms with Crippen molar-refractivity contribution in [2.75, 3.05) is 49.1 Å². The summed E-state index contributed by atoms with van der Waals surface area (Å²) in [6.45, 7) is 9.58. The molecule has 1 aromatic carbocycles. The fraction of sp³-hybridized carbons (Fsp3) is 0.522. The minimum Gasteiger partial charge on any atom is -0.355 e. The molecule has 6 nitrogen and oxygen atoms in total. The van der Waals surface area contributed by atoms with Gasteiger partial charge < -0.3 is 14.7 Å². The van der Waals surface area contributed by atoms with Crippen molar-refractivity contribution in [2.45, 2.75) is 33.1 Å². The first kappa shape index (κ1) is 19.7. The molecular weight excluding hydrogens is 362 g/mol. The van der Waals surface area contributed by atoms with Crippen LogP contribution in [-0.2, 0) is 11.2 Å². The number of carbonyl (C=O) groups excluding carboxylic acids is 1. The molecule has 0 saturated carbocycles. The van der Waals surface area contributed by atoms with Gasteiger partial charge in [-0.3, -0.25) is 4.79 Å². The zero-order chi connectivity index (χ0) is 20.2. The van der Waals surface area contributed by atoms with Crippen LogP contribution in [0.1, 0.15) is 30.9 Å². The van der Waals surface area contributed by atoms with Crippen LogP contribution in [0.15, 0.2) is 36.4 Å². The van der Waals surface area contributed by atoms with Gasteiger partial charge in [0.1, 0.15) is 0 Å². The van der Waals surface area contributed by atoms with Gasteiger partial charge in [0.15, 0.2) is 11.6 Å². The highest BCUT2D eigenvalue weighted by atomic mass is 16.2. The second-order valence-electron chi connectivity index (χ2n) is 8.45. The highest BCUT2D eigenvalue weighted by Crippen LogP contribution is 2.22. The summed E-state index contributed by atoms with van der Waals surface area (Å²) in [6.07, 6.45) is 2.93. The van der Waals surface area contributed by atoms with Crippen LogP contribution in [0.5, 0.6) is 0 Å². The lowest BCUT2D eigenvalue weighted by Gasteiger charge is -2.35. The summed E-state index contributed by atoms with van der Waals surface area (Å²) in [7, 11) is 0. The first-order valence-electron chi connectivity index (χ1n) is 10.8. The summed E-state index contributed by atoms with van der Waals surface area (Å²) in [4.78, 5) is 19.2. The maximum Gasteiger partial charge on any atom is 0.227 e. The molecule has 154 valence electrons. The maximum atomic E-state index is 12.6. The van der Waals surface area contributed by atoms with Gasteiger partial charge in [-0.2, -0.15) is 0 Å². The van der Waals surface area contributed by atoms with E-state index >= 15 is 0 Å². The van der Waals surface area contributed by atoms with Crippen molar-refractivity contribution in [2.24, 2.45) is 5.92 Å². The predicted octanol–water partition coefficient (Wildman–Crippen LogP) is 2.91. The third-order valence-electron chi connectivity index (χ3n) is 6.14. The fourth-order valence-electron chi connectivity index (χ4n) is 4.19. The number of piperidine rings is 1. The summed E-state index contributed by atoms with van der Waals surface area (Å²) >= 11 is 0. The number of nitrogens with zero attached hydrogens (tertiary/aromatic N) is 5. The number of rotatable bonds is 4. The van der Waals surface area contributed by atoms with E-state index < -0.39 is 0 Å². The molecule has 2 fully saturated rings. The van der Waals surface area contributed by atoms with Crippen molar-refractivity contribution in [1.82, 2.24) is 15.1 Å². The molecule has 2 aliphatic heterocycles. The number of aromatic nitrogens is 2. The Balaban J connectivity index is 1.29. The molecule has 2 saturated heterocycles. The summed E-state index contributed by atoms with van der Waals surface area (Å²) in [6, 6.07) is 12.4. The molecule has 0 unspecified atom stereocenters. The summed E-state index contributed by atoms with van der Waals surface area (Å²) in [5, 5.41) is 8.95. The van der Waals surface area contributed by atoms with E-state index in [9.17, 15) is 4.79 Å². The van der Waals surface area contributed by atoms with Crippen molar-refractivity contribution in [3.63, 3.8) is 0 Å². The van der Waals surface area contributed by atoms with E-state index in [1.54, 1.807) is 0 Å². The molecule has 2 aromatic rings. The van der Waals surface area contributed by atoms with E-state index in [0.717, 1.165) is 62.4 Å². The second-order valence-corrected chi connectivity index (χ2v) is 8.45. The molecule has 0 N–H and O–H groups in total. The van der Waals surface area contributed by atoms with E-state index in [-0.39, 0.29) is 5.91 Å². The van der Waals surface area contributed by atoms with Gasteiger partial charge in [0.05, 0.1) is 6.42 Å². The third kappa shape index (κ3) is 4.86.